The Labute approximate surface area is 95.8 Å². The average molecular weight is 219 g/mol. The molecule has 0 spiro atoms. The minimum atomic E-state index is -0.0221. The van der Waals surface area contributed by atoms with Crippen molar-refractivity contribution in [1.82, 2.24) is 15.6 Å². The minimum absolute atomic E-state index is 0.000955. The zero-order chi connectivity index (χ0) is 11.8. The second-order valence-corrected chi connectivity index (χ2v) is 3.49. The molecular formula is C12H17N3O. The molecule has 4 heteroatoms. The van der Waals surface area contributed by atoms with E-state index in [1.807, 2.05) is 19.1 Å². The van der Waals surface area contributed by atoms with Crippen molar-refractivity contribution in [1.29, 1.82) is 0 Å². The Balaban J connectivity index is 2.36. The fourth-order valence-corrected chi connectivity index (χ4v) is 1.32. The van der Waals surface area contributed by atoms with Gasteiger partial charge in [0.25, 0.3) is 0 Å². The number of pyridine rings is 1. The van der Waals surface area contributed by atoms with E-state index in [9.17, 15) is 4.79 Å². The molecule has 0 aliphatic rings. The summed E-state index contributed by atoms with van der Waals surface area (Å²) >= 11 is 0. The van der Waals surface area contributed by atoms with Crippen molar-refractivity contribution in [3.63, 3.8) is 0 Å². The Kier molecular flexibility index (Phi) is 5.22. The molecule has 1 heterocycles. The van der Waals surface area contributed by atoms with Gasteiger partial charge in [-0.2, -0.15) is 0 Å². The molecule has 0 saturated heterocycles. The number of rotatable bonds is 6. The molecule has 0 unspecified atom stereocenters. The van der Waals surface area contributed by atoms with Gasteiger partial charge in [-0.05, 0) is 24.6 Å². The Bertz CT molecular complexity index is 337. The molecule has 0 aromatic carbocycles. The maximum absolute atomic E-state index is 11.5. The molecule has 0 bridgehead atoms. The van der Waals surface area contributed by atoms with Gasteiger partial charge < -0.3 is 10.6 Å². The standard InChI is InChI=1S/C12H17N3O/c1-3-6-14-9-12(16)15-10(2)11-4-7-13-8-5-11/h3-5,7-8,10,14H,1,6,9H2,2H3,(H,15,16)/t10-/m1/s1. The van der Waals surface area contributed by atoms with Crippen LogP contribution in [0.25, 0.3) is 0 Å². The van der Waals surface area contributed by atoms with Crippen LogP contribution in [0, 0.1) is 0 Å². The largest absolute Gasteiger partial charge is 0.348 e. The van der Waals surface area contributed by atoms with Gasteiger partial charge in [0, 0.05) is 18.9 Å². The molecule has 0 aliphatic heterocycles. The molecule has 16 heavy (non-hydrogen) atoms. The number of carbonyl (C=O) groups excluding carboxylic acids is 1. The Morgan fingerprint density at radius 1 is 1.56 bits per heavy atom. The van der Waals surface area contributed by atoms with Crippen LogP contribution < -0.4 is 10.6 Å². The zero-order valence-electron chi connectivity index (χ0n) is 9.44. The normalized spacial score (nSPS) is 11.8. The van der Waals surface area contributed by atoms with Crippen molar-refractivity contribution in [2.24, 2.45) is 0 Å². The molecule has 1 rings (SSSR count). The van der Waals surface area contributed by atoms with Crippen molar-refractivity contribution in [3.8, 4) is 0 Å². The van der Waals surface area contributed by atoms with Crippen LogP contribution in [0.2, 0.25) is 0 Å². The Hall–Kier alpha value is -1.68. The number of amides is 1. The van der Waals surface area contributed by atoms with Crippen LogP contribution in [-0.2, 0) is 4.79 Å². The highest BCUT2D eigenvalue weighted by Gasteiger charge is 2.07. The third kappa shape index (κ3) is 4.23. The van der Waals surface area contributed by atoms with Crippen molar-refractivity contribution in [2.75, 3.05) is 13.1 Å². The van der Waals surface area contributed by atoms with Crippen LogP contribution in [0.1, 0.15) is 18.5 Å². The van der Waals surface area contributed by atoms with Crippen LogP contribution in [0.5, 0.6) is 0 Å². The highest BCUT2D eigenvalue weighted by atomic mass is 16.1. The number of nitrogens with zero attached hydrogens (tertiary/aromatic N) is 1. The molecule has 1 aromatic rings. The third-order valence-electron chi connectivity index (χ3n) is 2.16. The van der Waals surface area contributed by atoms with Crippen LogP contribution in [0.3, 0.4) is 0 Å². The molecule has 0 radical (unpaired) electrons. The van der Waals surface area contributed by atoms with Crippen molar-refractivity contribution >= 4 is 5.91 Å². The van der Waals surface area contributed by atoms with Gasteiger partial charge in [0.15, 0.2) is 0 Å². The number of hydrogen-bond acceptors (Lipinski definition) is 3. The lowest BCUT2D eigenvalue weighted by atomic mass is 10.1. The Morgan fingerprint density at radius 3 is 2.88 bits per heavy atom. The second-order valence-electron chi connectivity index (χ2n) is 3.49. The van der Waals surface area contributed by atoms with E-state index in [1.54, 1.807) is 18.5 Å². The van der Waals surface area contributed by atoms with E-state index >= 15 is 0 Å². The SMILES string of the molecule is C=CCNCC(=O)N[C@H](C)c1ccncc1. The summed E-state index contributed by atoms with van der Waals surface area (Å²) in [5.74, 6) is -0.0221. The average Bonchev–Trinajstić information content (AvgIpc) is 2.30. The fraction of sp³-hybridized carbons (Fsp3) is 0.333. The molecule has 4 nitrogen and oxygen atoms in total. The highest BCUT2D eigenvalue weighted by Crippen LogP contribution is 2.09. The van der Waals surface area contributed by atoms with Gasteiger partial charge in [0.05, 0.1) is 12.6 Å². The fourth-order valence-electron chi connectivity index (χ4n) is 1.32. The molecule has 1 atom stereocenters. The van der Waals surface area contributed by atoms with E-state index < -0.39 is 0 Å². The summed E-state index contributed by atoms with van der Waals surface area (Å²) < 4.78 is 0. The number of aromatic nitrogens is 1. The summed E-state index contributed by atoms with van der Waals surface area (Å²) in [6.45, 7) is 6.45. The lowest BCUT2D eigenvalue weighted by Gasteiger charge is -2.14. The topological polar surface area (TPSA) is 54.0 Å². The maximum atomic E-state index is 11.5. The molecule has 86 valence electrons. The second kappa shape index (κ2) is 6.74. The van der Waals surface area contributed by atoms with Crippen LogP contribution in [0.15, 0.2) is 37.2 Å². The predicted octanol–water partition coefficient (Wildman–Crippen LogP) is 1.03. The molecule has 0 saturated carbocycles. The Morgan fingerprint density at radius 2 is 2.25 bits per heavy atom. The van der Waals surface area contributed by atoms with Gasteiger partial charge in [0.1, 0.15) is 0 Å². The van der Waals surface area contributed by atoms with E-state index in [1.165, 1.54) is 0 Å². The monoisotopic (exact) mass is 219 g/mol. The highest BCUT2D eigenvalue weighted by molar-refractivity contribution is 5.78. The number of carbonyl (C=O) groups is 1. The first-order chi connectivity index (χ1) is 7.74. The van der Waals surface area contributed by atoms with E-state index in [4.69, 9.17) is 0 Å². The lowest BCUT2D eigenvalue weighted by Crippen LogP contribution is -2.35. The first-order valence-corrected chi connectivity index (χ1v) is 5.25. The summed E-state index contributed by atoms with van der Waals surface area (Å²) in [7, 11) is 0. The van der Waals surface area contributed by atoms with E-state index in [-0.39, 0.29) is 11.9 Å². The quantitative estimate of drug-likeness (QED) is 0.555. The molecule has 0 aliphatic carbocycles. The van der Waals surface area contributed by atoms with Crippen LogP contribution in [0.4, 0.5) is 0 Å². The van der Waals surface area contributed by atoms with Gasteiger partial charge in [-0.15, -0.1) is 6.58 Å². The van der Waals surface area contributed by atoms with Crippen LogP contribution >= 0.6 is 0 Å². The van der Waals surface area contributed by atoms with E-state index in [2.05, 4.69) is 22.2 Å². The maximum Gasteiger partial charge on any atom is 0.234 e. The lowest BCUT2D eigenvalue weighted by molar-refractivity contribution is -0.120. The molecular weight excluding hydrogens is 202 g/mol. The summed E-state index contributed by atoms with van der Waals surface area (Å²) in [6.07, 6.45) is 5.15. The van der Waals surface area contributed by atoms with Gasteiger partial charge >= 0.3 is 0 Å². The van der Waals surface area contributed by atoms with Gasteiger partial charge in [0.2, 0.25) is 5.91 Å². The molecule has 0 fully saturated rings. The minimum Gasteiger partial charge on any atom is -0.348 e. The zero-order valence-corrected chi connectivity index (χ0v) is 9.44. The van der Waals surface area contributed by atoms with Crippen molar-refractivity contribution in [3.05, 3.63) is 42.7 Å². The van der Waals surface area contributed by atoms with Crippen molar-refractivity contribution < 1.29 is 4.79 Å². The molecule has 2 N–H and O–H groups in total. The van der Waals surface area contributed by atoms with Gasteiger partial charge in [-0.1, -0.05) is 6.08 Å². The molecule has 1 amide bonds. The summed E-state index contributed by atoms with van der Waals surface area (Å²) in [5.41, 5.74) is 1.05. The van der Waals surface area contributed by atoms with Crippen molar-refractivity contribution in [2.45, 2.75) is 13.0 Å². The number of nitrogens with one attached hydrogen (secondary N) is 2. The summed E-state index contributed by atoms with van der Waals surface area (Å²) in [5, 5.41) is 5.84. The van der Waals surface area contributed by atoms with E-state index in [0.29, 0.717) is 13.1 Å². The van der Waals surface area contributed by atoms with Gasteiger partial charge in [-0.3, -0.25) is 9.78 Å². The summed E-state index contributed by atoms with van der Waals surface area (Å²) in [6, 6.07) is 3.78. The smallest absolute Gasteiger partial charge is 0.234 e. The summed E-state index contributed by atoms with van der Waals surface area (Å²) in [4.78, 5) is 15.4. The predicted molar refractivity (Wildman–Crippen MR) is 63.9 cm³/mol. The van der Waals surface area contributed by atoms with Gasteiger partial charge in [-0.25, -0.2) is 0 Å². The number of hydrogen-bond donors (Lipinski definition) is 2. The third-order valence-corrected chi connectivity index (χ3v) is 2.16. The molecule has 1 aromatic heterocycles. The first kappa shape index (κ1) is 12.4. The first-order valence-electron chi connectivity index (χ1n) is 5.25. The van der Waals surface area contributed by atoms with Crippen LogP contribution in [-0.4, -0.2) is 24.0 Å². The van der Waals surface area contributed by atoms with E-state index in [0.717, 1.165) is 5.56 Å².